The molecule has 0 spiro atoms. The molecular weight excluding hydrogens is 522 g/mol. The molecule has 1 aliphatic heterocycles. The van der Waals surface area contributed by atoms with Crippen LogP contribution in [-0.4, -0.2) is 39.7 Å². The summed E-state index contributed by atoms with van der Waals surface area (Å²) in [7, 11) is 1.61. The van der Waals surface area contributed by atoms with Crippen LogP contribution in [0.5, 0.6) is 5.75 Å². The molecule has 10 heteroatoms. The van der Waals surface area contributed by atoms with E-state index in [1.54, 1.807) is 18.2 Å². The Morgan fingerprint density at radius 1 is 1.23 bits per heavy atom. The first kappa shape index (κ1) is 25.4. The summed E-state index contributed by atoms with van der Waals surface area (Å²) in [5, 5.41) is 4.09. The van der Waals surface area contributed by atoms with Crippen molar-refractivity contribution in [3.63, 3.8) is 0 Å². The van der Waals surface area contributed by atoms with E-state index in [2.05, 4.69) is 10.3 Å². The maximum Gasteiger partial charge on any atom is 0.266 e. The molecule has 1 aliphatic rings. The van der Waals surface area contributed by atoms with Crippen LogP contribution in [0, 0.1) is 0 Å². The topological polar surface area (TPSA) is 71.5 Å². The highest BCUT2D eigenvalue weighted by Crippen LogP contribution is 2.33. The predicted molar refractivity (Wildman–Crippen MR) is 147 cm³/mol. The standard InChI is InChI=1S/C25H22ClN3O3S3/c1-32-18-10-8-16(9-11-18)13-21-23(31)29(25(33)35-21)12-4-7-22(30)28-24-27-15-19(34-24)14-17-5-2-3-6-20(17)26/h2-3,5-6,8-11,13,15H,4,7,12,14H2,1H3,(H,27,28,30)/b21-13+. The van der Waals surface area contributed by atoms with Gasteiger partial charge in [0.1, 0.15) is 10.1 Å². The Kier molecular flexibility index (Phi) is 8.56. The number of hydrogen-bond acceptors (Lipinski definition) is 7. The molecule has 1 N–H and O–H groups in total. The number of ether oxygens (including phenoxy) is 1. The molecule has 0 atom stereocenters. The molecule has 180 valence electrons. The molecule has 35 heavy (non-hydrogen) atoms. The molecule has 3 aromatic rings. The summed E-state index contributed by atoms with van der Waals surface area (Å²) in [5.74, 6) is 0.464. The van der Waals surface area contributed by atoms with Gasteiger partial charge in [0.05, 0.1) is 12.0 Å². The number of amides is 2. The van der Waals surface area contributed by atoms with Gasteiger partial charge in [-0.05, 0) is 41.8 Å². The summed E-state index contributed by atoms with van der Waals surface area (Å²) < 4.78 is 5.66. The zero-order chi connectivity index (χ0) is 24.8. The Hall–Kier alpha value is -2.72. The number of halogens is 1. The molecule has 2 amide bonds. The van der Waals surface area contributed by atoms with Crippen LogP contribution in [0.15, 0.2) is 59.6 Å². The lowest BCUT2D eigenvalue weighted by atomic mass is 10.1. The monoisotopic (exact) mass is 543 g/mol. The highest BCUT2D eigenvalue weighted by atomic mass is 35.5. The molecular formula is C25H22ClN3O3S3. The van der Waals surface area contributed by atoms with E-state index in [1.165, 1.54) is 23.1 Å². The molecule has 1 fully saturated rings. The average Bonchev–Trinajstić information content (AvgIpc) is 3.39. The van der Waals surface area contributed by atoms with Gasteiger partial charge >= 0.3 is 0 Å². The van der Waals surface area contributed by atoms with Crippen molar-refractivity contribution in [2.75, 3.05) is 19.0 Å². The van der Waals surface area contributed by atoms with E-state index in [1.807, 2.05) is 54.6 Å². The van der Waals surface area contributed by atoms with Crippen LogP contribution in [-0.2, 0) is 16.0 Å². The van der Waals surface area contributed by atoms with Crippen LogP contribution in [0.4, 0.5) is 5.13 Å². The molecule has 1 saturated heterocycles. The van der Waals surface area contributed by atoms with E-state index < -0.39 is 0 Å². The van der Waals surface area contributed by atoms with E-state index in [4.69, 9.17) is 28.6 Å². The number of nitrogens with one attached hydrogen (secondary N) is 1. The molecule has 6 nitrogen and oxygen atoms in total. The molecule has 0 unspecified atom stereocenters. The minimum absolute atomic E-state index is 0.139. The lowest BCUT2D eigenvalue weighted by molar-refractivity contribution is -0.122. The van der Waals surface area contributed by atoms with Crippen molar-refractivity contribution in [3.8, 4) is 5.75 Å². The van der Waals surface area contributed by atoms with Crippen molar-refractivity contribution in [1.29, 1.82) is 0 Å². The third kappa shape index (κ3) is 6.70. The first-order valence-electron chi connectivity index (χ1n) is 10.8. The zero-order valence-electron chi connectivity index (χ0n) is 18.8. The highest BCUT2D eigenvalue weighted by Gasteiger charge is 2.31. The van der Waals surface area contributed by atoms with Gasteiger partial charge in [-0.25, -0.2) is 4.98 Å². The summed E-state index contributed by atoms with van der Waals surface area (Å²) in [5.41, 5.74) is 1.91. The highest BCUT2D eigenvalue weighted by molar-refractivity contribution is 8.26. The van der Waals surface area contributed by atoms with Crippen molar-refractivity contribution in [3.05, 3.63) is 80.7 Å². The first-order chi connectivity index (χ1) is 16.9. The summed E-state index contributed by atoms with van der Waals surface area (Å²) >= 11 is 14.3. The second-order valence-corrected chi connectivity index (χ2v) is 10.9. The number of carbonyl (C=O) groups excluding carboxylic acids is 2. The zero-order valence-corrected chi connectivity index (χ0v) is 22.0. The number of thioether (sulfide) groups is 1. The smallest absolute Gasteiger partial charge is 0.266 e. The molecule has 2 heterocycles. The second kappa shape index (κ2) is 11.8. The largest absolute Gasteiger partial charge is 0.497 e. The fourth-order valence-electron chi connectivity index (χ4n) is 3.40. The fraction of sp³-hybridized carbons (Fsp3) is 0.200. The summed E-state index contributed by atoms with van der Waals surface area (Å²) in [4.78, 5) is 32.6. The maximum atomic E-state index is 12.8. The van der Waals surface area contributed by atoms with Crippen LogP contribution in [0.1, 0.15) is 28.8 Å². The Morgan fingerprint density at radius 2 is 2.00 bits per heavy atom. The summed E-state index contributed by atoms with van der Waals surface area (Å²) in [6.45, 7) is 0.383. The Balaban J connectivity index is 1.26. The van der Waals surface area contributed by atoms with Gasteiger partial charge < -0.3 is 10.1 Å². The van der Waals surface area contributed by atoms with Crippen molar-refractivity contribution in [2.24, 2.45) is 0 Å². The van der Waals surface area contributed by atoms with Crippen LogP contribution in [0.3, 0.4) is 0 Å². The van der Waals surface area contributed by atoms with E-state index in [-0.39, 0.29) is 18.2 Å². The van der Waals surface area contributed by atoms with E-state index in [0.29, 0.717) is 38.8 Å². The Bertz CT molecular complexity index is 1270. The normalized spacial score (nSPS) is 14.6. The molecule has 0 radical (unpaired) electrons. The summed E-state index contributed by atoms with van der Waals surface area (Å²) in [6, 6.07) is 15.1. The number of hydrogen-bond donors (Lipinski definition) is 1. The van der Waals surface area contributed by atoms with Gasteiger partial charge in [0.15, 0.2) is 5.13 Å². The van der Waals surface area contributed by atoms with E-state index >= 15 is 0 Å². The first-order valence-corrected chi connectivity index (χ1v) is 13.2. The maximum absolute atomic E-state index is 12.8. The minimum Gasteiger partial charge on any atom is -0.497 e. The predicted octanol–water partition coefficient (Wildman–Crippen LogP) is 6.02. The van der Waals surface area contributed by atoms with Gasteiger partial charge in [0, 0.05) is 35.5 Å². The molecule has 0 bridgehead atoms. The van der Waals surface area contributed by atoms with Crippen LogP contribution in [0.25, 0.3) is 6.08 Å². The van der Waals surface area contributed by atoms with Crippen LogP contribution < -0.4 is 10.1 Å². The van der Waals surface area contributed by atoms with Gasteiger partial charge in [0.2, 0.25) is 5.91 Å². The number of thiocarbonyl (C=S) groups is 1. The van der Waals surface area contributed by atoms with Gasteiger partial charge in [-0.2, -0.15) is 0 Å². The van der Waals surface area contributed by atoms with Gasteiger partial charge in [-0.3, -0.25) is 14.5 Å². The van der Waals surface area contributed by atoms with Crippen molar-refractivity contribution in [2.45, 2.75) is 19.3 Å². The third-order valence-electron chi connectivity index (χ3n) is 5.20. The number of rotatable bonds is 9. The van der Waals surface area contributed by atoms with Crippen molar-refractivity contribution in [1.82, 2.24) is 9.88 Å². The molecule has 2 aromatic carbocycles. The van der Waals surface area contributed by atoms with Crippen LogP contribution in [0.2, 0.25) is 5.02 Å². The van der Waals surface area contributed by atoms with Crippen LogP contribution >= 0.6 is 46.9 Å². The number of anilines is 1. The SMILES string of the molecule is COc1ccc(/C=C2/SC(=S)N(CCCC(=O)Nc3ncc(Cc4ccccc4Cl)s3)C2=O)cc1. The number of aromatic nitrogens is 1. The number of thiazole rings is 1. The van der Waals surface area contributed by atoms with Gasteiger partial charge in [-0.1, -0.05) is 65.9 Å². The lowest BCUT2D eigenvalue weighted by Gasteiger charge is -2.13. The quantitative estimate of drug-likeness (QED) is 0.263. The van der Waals surface area contributed by atoms with E-state index in [0.717, 1.165) is 21.8 Å². The van der Waals surface area contributed by atoms with Crippen molar-refractivity contribution >= 4 is 74.3 Å². The Morgan fingerprint density at radius 3 is 2.74 bits per heavy atom. The number of nitrogens with zero attached hydrogens (tertiary/aromatic N) is 2. The molecule has 0 saturated carbocycles. The number of carbonyl (C=O) groups is 2. The van der Waals surface area contributed by atoms with E-state index in [9.17, 15) is 9.59 Å². The minimum atomic E-state index is -0.150. The summed E-state index contributed by atoms with van der Waals surface area (Å²) in [6.07, 6.45) is 4.97. The second-order valence-electron chi connectivity index (χ2n) is 7.66. The van der Waals surface area contributed by atoms with Gasteiger partial charge in [-0.15, -0.1) is 11.3 Å². The van der Waals surface area contributed by atoms with Crippen molar-refractivity contribution < 1.29 is 14.3 Å². The van der Waals surface area contributed by atoms with Gasteiger partial charge in [0.25, 0.3) is 5.91 Å². The molecule has 4 rings (SSSR count). The molecule has 0 aliphatic carbocycles. The Labute approximate surface area is 222 Å². The number of methoxy groups -OCH3 is 1. The number of benzene rings is 2. The molecule has 1 aromatic heterocycles. The fourth-order valence-corrected chi connectivity index (χ4v) is 5.76. The average molecular weight is 544 g/mol. The third-order valence-corrected chi connectivity index (χ3v) is 7.85. The lowest BCUT2D eigenvalue weighted by Crippen LogP contribution is -2.29.